The summed E-state index contributed by atoms with van der Waals surface area (Å²) in [6.07, 6.45) is 9.49. The van der Waals surface area contributed by atoms with Gasteiger partial charge in [0.15, 0.2) is 5.65 Å². The molecule has 3 aromatic rings. The minimum atomic E-state index is 0.491. The van der Waals surface area contributed by atoms with E-state index in [1.807, 2.05) is 6.20 Å². The van der Waals surface area contributed by atoms with E-state index >= 15 is 0 Å². The van der Waals surface area contributed by atoms with Crippen molar-refractivity contribution < 1.29 is 0 Å². The fourth-order valence-corrected chi connectivity index (χ4v) is 5.43. The van der Waals surface area contributed by atoms with Gasteiger partial charge in [-0.25, -0.2) is 4.98 Å². The highest BCUT2D eigenvalue weighted by Gasteiger charge is 2.22. The van der Waals surface area contributed by atoms with Crippen molar-refractivity contribution in [3.8, 4) is 0 Å². The molecule has 5 rings (SSSR count). The molecule has 184 valence electrons. The van der Waals surface area contributed by atoms with Crippen molar-refractivity contribution in [3.05, 3.63) is 84.2 Å². The van der Waals surface area contributed by atoms with Crippen LogP contribution in [0.2, 0.25) is 0 Å². The zero-order valence-corrected chi connectivity index (χ0v) is 21.2. The predicted octanol–water partition coefficient (Wildman–Crippen LogP) is 4.70. The van der Waals surface area contributed by atoms with Crippen LogP contribution >= 0.6 is 0 Å². The van der Waals surface area contributed by atoms with E-state index in [0.29, 0.717) is 11.8 Å². The third-order valence-corrected chi connectivity index (χ3v) is 7.57. The van der Waals surface area contributed by atoms with Crippen LogP contribution in [0.15, 0.2) is 61.7 Å². The molecule has 1 fully saturated rings. The Labute approximate surface area is 209 Å². The van der Waals surface area contributed by atoms with Crippen LogP contribution in [0.5, 0.6) is 0 Å². The monoisotopic (exact) mass is 470 g/mol. The Kier molecular flexibility index (Phi) is 6.91. The average molecular weight is 471 g/mol. The van der Waals surface area contributed by atoms with Crippen LogP contribution in [-0.4, -0.2) is 56.9 Å². The van der Waals surface area contributed by atoms with Gasteiger partial charge in [-0.05, 0) is 43.2 Å². The molecule has 0 aliphatic carbocycles. The normalized spacial score (nSPS) is 17.8. The van der Waals surface area contributed by atoms with E-state index in [0.717, 1.165) is 87.0 Å². The average Bonchev–Trinajstić information content (AvgIpc) is 3.31. The summed E-state index contributed by atoms with van der Waals surface area (Å²) in [5, 5.41) is 3.53. The molecule has 1 unspecified atom stereocenters. The van der Waals surface area contributed by atoms with E-state index in [2.05, 4.69) is 83.2 Å². The molecule has 2 aliphatic rings. The summed E-state index contributed by atoms with van der Waals surface area (Å²) in [6.45, 7) is 19.0. The van der Waals surface area contributed by atoms with E-state index in [1.54, 1.807) is 0 Å². The summed E-state index contributed by atoms with van der Waals surface area (Å²) in [7, 11) is 0. The maximum atomic E-state index is 4.76. The Bertz CT molecular complexity index is 1200. The first-order valence-electron chi connectivity index (χ1n) is 12.9. The van der Waals surface area contributed by atoms with Crippen LogP contribution in [0.3, 0.4) is 0 Å². The van der Waals surface area contributed by atoms with E-state index < -0.39 is 0 Å². The standard InChI is InChI=1S/C29H38N6/c1-21(2)34-13-10-25(11-14-34)28-20-35-19-27(32-29(35)16-31-28)23(4)30-15-22(3)17-33-12-9-24-7-5-6-8-26(24)18-33/h5-8,16,19-20,22,25,30H,1,4,9-15,17-18H2,2-3H3. The first kappa shape index (κ1) is 23.6. The Morgan fingerprint density at radius 3 is 2.66 bits per heavy atom. The number of imidazole rings is 1. The molecule has 6 heteroatoms. The third-order valence-electron chi connectivity index (χ3n) is 7.57. The molecule has 1 aromatic carbocycles. The highest BCUT2D eigenvalue weighted by Crippen LogP contribution is 2.28. The van der Waals surface area contributed by atoms with E-state index in [4.69, 9.17) is 9.97 Å². The summed E-state index contributed by atoms with van der Waals surface area (Å²) in [5.74, 6) is 1.01. The summed E-state index contributed by atoms with van der Waals surface area (Å²) in [6, 6.07) is 8.83. The number of fused-ring (bicyclic) bond motifs is 2. The maximum Gasteiger partial charge on any atom is 0.156 e. The van der Waals surface area contributed by atoms with Crippen LogP contribution in [0, 0.1) is 5.92 Å². The zero-order chi connectivity index (χ0) is 24.4. The zero-order valence-electron chi connectivity index (χ0n) is 21.2. The lowest BCUT2D eigenvalue weighted by Crippen LogP contribution is -2.36. The molecule has 2 aliphatic heterocycles. The van der Waals surface area contributed by atoms with Crippen molar-refractivity contribution in [2.75, 3.05) is 32.7 Å². The smallest absolute Gasteiger partial charge is 0.156 e. The van der Waals surface area contributed by atoms with Crippen molar-refractivity contribution in [1.82, 2.24) is 29.5 Å². The summed E-state index contributed by atoms with van der Waals surface area (Å²) >= 11 is 0. The van der Waals surface area contributed by atoms with Gasteiger partial charge in [0.25, 0.3) is 0 Å². The predicted molar refractivity (Wildman–Crippen MR) is 143 cm³/mol. The largest absolute Gasteiger partial charge is 0.383 e. The molecule has 0 saturated carbocycles. The maximum absolute atomic E-state index is 4.76. The quantitative estimate of drug-likeness (QED) is 0.517. The molecule has 1 atom stereocenters. The van der Waals surface area contributed by atoms with Gasteiger partial charge < -0.3 is 14.6 Å². The van der Waals surface area contributed by atoms with Crippen LogP contribution in [0.4, 0.5) is 0 Å². The van der Waals surface area contributed by atoms with Gasteiger partial charge in [-0.1, -0.05) is 44.3 Å². The van der Waals surface area contributed by atoms with Gasteiger partial charge in [-0.15, -0.1) is 0 Å². The number of hydrogen-bond acceptors (Lipinski definition) is 5. The van der Waals surface area contributed by atoms with E-state index in [-0.39, 0.29) is 0 Å². The molecular weight excluding hydrogens is 432 g/mol. The van der Waals surface area contributed by atoms with Gasteiger partial charge >= 0.3 is 0 Å². The molecule has 1 N–H and O–H groups in total. The lowest BCUT2D eigenvalue weighted by molar-refractivity contribution is 0.220. The second-order valence-electron chi connectivity index (χ2n) is 10.4. The number of rotatable bonds is 8. The number of hydrogen-bond donors (Lipinski definition) is 1. The molecule has 4 heterocycles. The van der Waals surface area contributed by atoms with Crippen molar-refractivity contribution >= 4 is 11.3 Å². The van der Waals surface area contributed by atoms with E-state index in [1.165, 1.54) is 11.1 Å². The fourth-order valence-electron chi connectivity index (χ4n) is 5.43. The van der Waals surface area contributed by atoms with Gasteiger partial charge in [0.05, 0.1) is 17.6 Å². The minimum absolute atomic E-state index is 0.491. The van der Waals surface area contributed by atoms with Gasteiger partial charge in [0.2, 0.25) is 0 Å². The molecular formula is C29H38N6. The molecule has 0 spiro atoms. The Morgan fingerprint density at radius 2 is 1.89 bits per heavy atom. The SMILES string of the molecule is C=C(NCC(C)CN1CCc2ccccc2C1)c1cn2cc(C3CCN(C(=C)C)CC3)ncc2n1. The number of benzene rings is 1. The first-order chi connectivity index (χ1) is 17.0. The van der Waals surface area contributed by atoms with Crippen molar-refractivity contribution in [3.63, 3.8) is 0 Å². The fraction of sp³-hybridized carbons (Fsp3) is 0.448. The Morgan fingerprint density at radius 1 is 1.11 bits per heavy atom. The van der Waals surface area contributed by atoms with E-state index in [9.17, 15) is 0 Å². The molecule has 0 radical (unpaired) electrons. The number of piperidine rings is 1. The van der Waals surface area contributed by atoms with Crippen molar-refractivity contribution in [2.24, 2.45) is 5.92 Å². The number of nitrogens with one attached hydrogen (secondary N) is 1. The highest BCUT2D eigenvalue weighted by atomic mass is 15.1. The van der Waals surface area contributed by atoms with Crippen LogP contribution in [-0.2, 0) is 13.0 Å². The molecule has 2 aromatic heterocycles. The number of aromatic nitrogens is 3. The molecule has 0 amide bonds. The molecule has 35 heavy (non-hydrogen) atoms. The third kappa shape index (κ3) is 5.43. The summed E-state index contributed by atoms with van der Waals surface area (Å²) in [5.41, 5.74) is 7.92. The lowest BCUT2D eigenvalue weighted by atomic mass is 9.93. The van der Waals surface area contributed by atoms with Crippen molar-refractivity contribution in [2.45, 2.75) is 45.6 Å². The number of allylic oxidation sites excluding steroid dienone is 1. The number of likely N-dealkylation sites (tertiary alicyclic amines) is 1. The van der Waals surface area contributed by atoms with Gasteiger partial charge in [-0.3, -0.25) is 9.88 Å². The van der Waals surface area contributed by atoms with Gasteiger partial charge in [0, 0.05) is 63.3 Å². The Hall–Kier alpha value is -3.12. The topological polar surface area (TPSA) is 48.7 Å². The van der Waals surface area contributed by atoms with Crippen molar-refractivity contribution in [1.29, 1.82) is 0 Å². The van der Waals surface area contributed by atoms with Gasteiger partial charge in [0.1, 0.15) is 5.69 Å². The lowest BCUT2D eigenvalue weighted by Gasteiger charge is -2.33. The molecule has 6 nitrogen and oxygen atoms in total. The first-order valence-corrected chi connectivity index (χ1v) is 12.9. The number of nitrogens with zero attached hydrogens (tertiary/aromatic N) is 5. The second kappa shape index (κ2) is 10.2. The molecule has 0 bridgehead atoms. The molecule has 1 saturated heterocycles. The Balaban J connectivity index is 1.15. The summed E-state index contributed by atoms with van der Waals surface area (Å²) in [4.78, 5) is 14.4. The van der Waals surface area contributed by atoms with Crippen LogP contribution in [0.1, 0.15) is 55.1 Å². The summed E-state index contributed by atoms with van der Waals surface area (Å²) < 4.78 is 2.10. The van der Waals surface area contributed by atoms with Gasteiger partial charge in [-0.2, -0.15) is 0 Å². The van der Waals surface area contributed by atoms with Crippen LogP contribution in [0.25, 0.3) is 11.3 Å². The highest BCUT2D eigenvalue weighted by molar-refractivity contribution is 5.60. The minimum Gasteiger partial charge on any atom is -0.383 e. The van der Waals surface area contributed by atoms with Crippen LogP contribution < -0.4 is 5.32 Å². The second-order valence-corrected chi connectivity index (χ2v) is 10.4.